The first kappa shape index (κ1) is 14.8. The Kier molecular flexibility index (Phi) is 5.67. The summed E-state index contributed by atoms with van der Waals surface area (Å²) in [5.74, 6) is 2.19. The van der Waals surface area contributed by atoms with Gasteiger partial charge in [-0.05, 0) is 53.2 Å². The van der Waals surface area contributed by atoms with Gasteiger partial charge in [-0.3, -0.25) is 0 Å². The van der Waals surface area contributed by atoms with Gasteiger partial charge in [0.2, 0.25) is 0 Å². The monoisotopic (exact) mass is 353 g/mol. The number of nitrogens with two attached hydrogens (primary N) is 1. The summed E-state index contributed by atoms with van der Waals surface area (Å²) in [5.41, 5.74) is 7.83. The second-order valence-corrected chi connectivity index (χ2v) is 7.36. The van der Waals surface area contributed by atoms with Gasteiger partial charge in [0, 0.05) is 31.5 Å². The Morgan fingerprint density at radius 2 is 1.68 bits per heavy atom. The molecule has 4 heteroatoms. The van der Waals surface area contributed by atoms with E-state index in [1.165, 1.54) is 15.4 Å². The number of anilines is 1. The summed E-state index contributed by atoms with van der Waals surface area (Å²) >= 11 is 7.30. The first-order valence-electron chi connectivity index (χ1n) is 6.02. The summed E-state index contributed by atoms with van der Waals surface area (Å²) in [4.78, 5) is 2.58. The Hall–Kier alpha value is -0.580. The number of hydrogen-bond acceptors (Lipinski definition) is 3. The Labute approximate surface area is 131 Å². The van der Waals surface area contributed by atoms with Crippen LogP contribution in [0.2, 0.25) is 0 Å². The molecular weight excluding hydrogens is 338 g/mol. The van der Waals surface area contributed by atoms with Crippen LogP contribution in [0.15, 0.2) is 56.7 Å². The van der Waals surface area contributed by atoms with Crippen LogP contribution in [0.3, 0.4) is 0 Å². The van der Waals surface area contributed by atoms with Gasteiger partial charge in [-0.15, -0.1) is 23.5 Å². The lowest BCUT2D eigenvalue weighted by atomic mass is 10.2. The van der Waals surface area contributed by atoms with Crippen molar-refractivity contribution in [2.45, 2.75) is 16.7 Å². The van der Waals surface area contributed by atoms with Gasteiger partial charge in [0.25, 0.3) is 0 Å². The van der Waals surface area contributed by atoms with Crippen molar-refractivity contribution in [2.24, 2.45) is 0 Å². The van der Waals surface area contributed by atoms with Crippen LogP contribution in [-0.4, -0.2) is 11.5 Å². The lowest BCUT2D eigenvalue weighted by molar-refractivity contribution is 1.36. The zero-order chi connectivity index (χ0) is 13.7. The summed E-state index contributed by atoms with van der Waals surface area (Å²) < 4.78 is 1.08. The summed E-state index contributed by atoms with van der Waals surface area (Å²) in [5, 5.41) is 0. The van der Waals surface area contributed by atoms with E-state index < -0.39 is 0 Å². The van der Waals surface area contributed by atoms with E-state index in [1.54, 1.807) is 0 Å². The maximum Gasteiger partial charge on any atom is 0.0331 e. The highest BCUT2D eigenvalue weighted by Crippen LogP contribution is 2.30. The van der Waals surface area contributed by atoms with E-state index >= 15 is 0 Å². The van der Waals surface area contributed by atoms with Crippen molar-refractivity contribution in [3.05, 3.63) is 52.5 Å². The Morgan fingerprint density at radius 1 is 1.00 bits per heavy atom. The van der Waals surface area contributed by atoms with Gasteiger partial charge < -0.3 is 5.73 Å². The molecule has 0 aromatic heterocycles. The molecule has 19 heavy (non-hydrogen) atoms. The lowest BCUT2D eigenvalue weighted by Crippen LogP contribution is -1.88. The maximum atomic E-state index is 5.73. The van der Waals surface area contributed by atoms with Gasteiger partial charge in [-0.25, -0.2) is 0 Å². The van der Waals surface area contributed by atoms with Crippen molar-refractivity contribution < 1.29 is 0 Å². The van der Waals surface area contributed by atoms with Crippen LogP contribution < -0.4 is 5.73 Å². The molecule has 2 rings (SSSR count). The van der Waals surface area contributed by atoms with Crippen LogP contribution in [0, 0.1) is 6.92 Å². The Bertz CT molecular complexity index is 540. The number of aryl methyl sites for hydroxylation is 1. The Morgan fingerprint density at radius 3 is 2.37 bits per heavy atom. The minimum absolute atomic E-state index is 0.797. The van der Waals surface area contributed by atoms with Gasteiger partial charge >= 0.3 is 0 Å². The molecule has 0 aliphatic heterocycles. The average Bonchev–Trinajstić information content (AvgIpc) is 2.39. The highest BCUT2D eigenvalue weighted by Gasteiger charge is 2.01. The summed E-state index contributed by atoms with van der Waals surface area (Å²) in [6.45, 7) is 2.11. The summed E-state index contributed by atoms with van der Waals surface area (Å²) in [7, 11) is 0. The molecule has 0 heterocycles. The molecule has 0 saturated heterocycles. The van der Waals surface area contributed by atoms with Gasteiger partial charge in [-0.2, -0.15) is 0 Å². The van der Waals surface area contributed by atoms with E-state index in [1.807, 2.05) is 35.7 Å². The molecule has 1 nitrogen and oxygen atoms in total. The molecule has 0 aliphatic carbocycles. The molecule has 2 N–H and O–H groups in total. The third-order valence-electron chi connectivity index (χ3n) is 2.59. The lowest BCUT2D eigenvalue weighted by Gasteiger charge is -2.05. The van der Waals surface area contributed by atoms with Crippen molar-refractivity contribution in [1.82, 2.24) is 0 Å². The molecule has 0 aliphatic rings. The fraction of sp³-hybridized carbons (Fsp3) is 0.200. The first-order chi connectivity index (χ1) is 9.15. The molecule has 100 valence electrons. The molecule has 0 bridgehead atoms. The number of thioether (sulfide) groups is 2. The summed E-state index contributed by atoms with van der Waals surface area (Å²) in [6, 6.07) is 14.7. The van der Waals surface area contributed by atoms with Gasteiger partial charge in [0.15, 0.2) is 0 Å². The standard InChI is InChI=1S/C15H16BrNS2/c1-11-2-5-13(6-3-11)18-8-9-19-15-7-4-12(17)10-14(15)16/h2-7,10H,8-9,17H2,1H3. The molecular formula is C15H16BrNS2. The van der Waals surface area contributed by atoms with Crippen molar-refractivity contribution in [3.8, 4) is 0 Å². The van der Waals surface area contributed by atoms with Gasteiger partial charge in [0.1, 0.15) is 0 Å². The van der Waals surface area contributed by atoms with Gasteiger partial charge in [0.05, 0.1) is 0 Å². The van der Waals surface area contributed by atoms with Crippen LogP contribution >= 0.6 is 39.5 Å². The number of rotatable bonds is 5. The quantitative estimate of drug-likeness (QED) is 0.453. The number of benzene rings is 2. The topological polar surface area (TPSA) is 26.0 Å². The zero-order valence-corrected chi connectivity index (χ0v) is 13.9. The SMILES string of the molecule is Cc1ccc(SCCSc2ccc(N)cc2Br)cc1. The van der Waals surface area contributed by atoms with Gasteiger partial charge in [-0.1, -0.05) is 17.7 Å². The molecule has 0 amide bonds. The van der Waals surface area contributed by atoms with Crippen LogP contribution in [0.4, 0.5) is 5.69 Å². The third-order valence-corrected chi connectivity index (χ3v) is 5.85. The van der Waals surface area contributed by atoms with Crippen molar-refractivity contribution in [3.63, 3.8) is 0 Å². The first-order valence-corrected chi connectivity index (χ1v) is 8.79. The van der Waals surface area contributed by atoms with Crippen LogP contribution in [0.25, 0.3) is 0 Å². The largest absolute Gasteiger partial charge is 0.399 e. The van der Waals surface area contributed by atoms with Crippen molar-refractivity contribution >= 4 is 45.1 Å². The fourth-order valence-electron chi connectivity index (χ4n) is 1.58. The molecule has 0 saturated carbocycles. The highest BCUT2D eigenvalue weighted by molar-refractivity contribution is 9.10. The third kappa shape index (κ3) is 4.79. The minimum atomic E-state index is 0.797. The maximum absolute atomic E-state index is 5.73. The van der Waals surface area contributed by atoms with E-state index in [2.05, 4.69) is 53.2 Å². The fourth-order valence-corrected chi connectivity index (χ4v) is 4.13. The van der Waals surface area contributed by atoms with Crippen molar-refractivity contribution in [1.29, 1.82) is 0 Å². The van der Waals surface area contributed by atoms with Crippen LogP contribution in [0.1, 0.15) is 5.56 Å². The van der Waals surface area contributed by atoms with E-state index in [-0.39, 0.29) is 0 Å². The number of hydrogen-bond donors (Lipinski definition) is 1. The number of halogens is 1. The van der Waals surface area contributed by atoms with Crippen LogP contribution in [0.5, 0.6) is 0 Å². The van der Waals surface area contributed by atoms with E-state index in [0.29, 0.717) is 0 Å². The number of nitrogen functional groups attached to an aromatic ring is 1. The molecule has 0 atom stereocenters. The molecule has 0 fully saturated rings. The minimum Gasteiger partial charge on any atom is -0.399 e. The average molecular weight is 354 g/mol. The smallest absolute Gasteiger partial charge is 0.0331 e. The highest BCUT2D eigenvalue weighted by atomic mass is 79.9. The zero-order valence-electron chi connectivity index (χ0n) is 10.7. The molecule has 0 spiro atoms. The second kappa shape index (κ2) is 7.27. The molecule has 2 aromatic rings. The predicted molar refractivity (Wildman–Crippen MR) is 91.2 cm³/mol. The van der Waals surface area contributed by atoms with E-state index in [0.717, 1.165) is 21.7 Å². The molecule has 0 unspecified atom stereocenters. The normalized spacial score (nSPS) is 10.6. The van der Waals surface area contributed by atoms with E-state index in [4.69, 9.17) is 5.73 Å². The second-order valence-electron chi connectivity index (χ2n) is 4.20. The summed E-state index contributed by atoms with van der Waals surface area (Å²) in [6.07, 6.45) is 0. The predicted octanol–water partition coefficient (Wildman–Crippen LogP) is 5.22. The van der Waals surface area contributed by atoms with Crippen LogP contribution in [-0.2, 0) is 0 Å². The van der Waals surface area contributed by atoms with Crippen molar-refractivity contribution in [2.75, 3.05) is 17.2 Å². The van der Waals surface area contributed by atoms with E-state index in [9.17, 15) is 0 Å². The molecule has 0 radical (unpaired) electrons. The molecule has 2 aromatic carbocycles. The Balaban J connectivity index is 1.79.